The van der Waals surface area contributed by atoms with E-state index in [2.05, 4.69) is 25.8 Å². The van der Waals surface area contributed by atoms with Gasteiger partial charge in [-0.1, -0.05) is 22.0 Å². The number of carboxylic acids is 1. The van der Waals surface area contributed by atoms with Crippen LogP contribution in [0.4, 0.5) is 0 Å². The average molecular weight is 355 g/mol. The number of fused-ring (bicyclic) bond motifs is 1. The van der Waals surface area contributed by atoms with Crippen molar-refractivity contribution < 1.29 is 9.90 Å². The summed E-state index contributed by atoms with van der Waals surface area (Å²) >= 11 is 5.32. The van der Waals surface area contributed by atoms with Gasteiger partial charge < -0.3 is 10.1 Å². The Bertz CT molecular complexity index is 637. The summed E-state index contributed by atoms with van der Waals surface area (Å²) in [7, 11) is 0. The number of aromatic nitrogens is 1. The molecule has 0 aliphatic carbocycles. The van der Waals surface area contributed by atoms with Crippen molar-refractivity contribution in [3.05, 3.63) is 34.4 Å². The summed E-state index contributed by atoms with van der Waals surface area (Å²) in [6, 6.07) is 5.33. The van der Waals surface area contributed by atoms with E-state index in [-0.39, 0.29) is 0 Å². The lowest BCUT2D eigenvalue weighted by Gasteiger charge is -2.31. The molecule has 2 heterocycles. The number of halogens is 1. The molecule has 1 atom stereocenters. The van der Waals surface area contributed by atoms with Gasteiger partial charge in [0, 0.05) is 51.7 Å². The zero-order valence-corrected chi connectivity index (χ0v) is 13.2. The molecule has 1 saturated heterocycles. The SMILES string of the molecule is O=C(O)[C@H](c1c[nH]c2cc(Br)ccc12)N1CCSCC1. The first-order chi connectivity index (χ1) is 9.66. The number of benzene rings is 1. The first kappa shape index (κ1) is 14.0. The van der Waals surface area contributed by atoms with Gasteiger partial charge in [0.2, 0.25) is 0 Å². The minimum atomic E-state index is -0.777. The molecule has 1 aliphatic heterocycles. The number of H-pyrrole nitrogens is 1. The number of rotatable bonds is 3. The molecule has 2 aromatic rings. The third-order valence-corrected chi connectivity index (χ3v) is 5.05. The van der Waals surface area contributed by atoms with Gasteiger partial charge in [-0.2, -0.15) is 11.8 Å². The highest BCUT2D eigenvalue weighted by Gasteiger charge is 2.30. The van der Waals surface area contributed by atoms with E-state index in [4.69, 9.17) is 0 Å². The molecule has 6 heteroatoms. The van der Waals surface area contributed by atoms with E-state index in [1.165, 1.54) is 0 Å². The topological polar surface area (TPSA) is 56.3 Å². The summed E-state index contributed by atoms with van der Waals surface area (Å²) in [6.07, 6.45) is 1.83. The molecule has 0 radical (unpaired) electrons. The fourth-order valence-electron chi connectivity index (χ4n) is 2.67. The van der Waals surface area contributed by atoms with Gasteiger partial charge in [0.25, 0.3) is 0 Å². The van der Waals surface area contributed by atoms with Crippen LogP contribution in [0.3, 0.4) is 0 Å². The van der Waals surface area contributed by atoms with Crippen LogP contribution in [0.2, 0.25) is 0 Å². The second-order valence-electron chi connectivity index (χ2n) is 4.82. The first-order valence-electron chi connectivity index (χ1n) is 6.48. The fourth-order valence-corrected chi connectivity index (χ4v) is 3.96. The van der Waals surface area contributed by atoms with Crippen LogP contribution in [0.1, 0.15) is 11.6 Å². The number of nitrogens with one attached hydrogen (secondary N) is 1. The van der Waals surface area contributed by atoms with Crippen molar-refractivity contribution in [1.82, 2.24) is 9.88 Å². The quantitative estimate of drug-likeness (QED) is 0.888. The molecule has 20 heavy (non-hydrogen) atoms. The Kier molecular flexibility index (Phi) is 4.05. The largest absolute Gasteiger partial charge is 0.480 e. The molecule has 0 saturated carbocycles. The van der Waals surface area contributed by atoms with Crippen LogP contribution in [-0.4, -0.2) is 45.6 Å². The zero-order chi connectivity index (χ0) is 14.1. The number of hydrogen-bond acceptors (Lipinski definition) is 3. The smallest absolute Gasteiger partial charge is 0.325 e. The molecule has 0 unspecified atom stereocenters. The van der Waals surface area contributed by atoms with E-state index in [0.29, 0.717) is 0 Å². The second kappa shape index (κ2) is 5.79. The van der Waals surface area contributed by atoms with Crippen molar-refractivity contribution in [1.29, 1.82) is 0 Å². The fraction of sp³-hybridized carbons (Fsp3) is 0.357. The van der Waals surface area contributed by atoms with Crippen molar-refractivity contribution in [2.24, 2.45) is 0 Å². The van der Waals surface area contributed by atoms with Crippen LogP contribution in [-0.2, 0) is 4.79 Å². The predicted molar refractivity (Wildman–Crippen MR) is 85.3 cm³/mol. The van der Waals surface area contributed by atoms with Crippen molar-refractivity contribution in [3.8, 4) is 0 Å². The van der Waals surface area contributed by atoms with E-state index in [0.717, 1.165) is 45.5 Å². The van der Waals surface area contributed by atoms with Gasteiger partial charge in [-0.15, -0.1) is 0 Å². The average Bonchev–Trinajstić information content (AvgIpc) is 2.83. The first-order valence-corrected chi connectivity index (χ1v) is 8.43. The molecule has 1 aromatic heterocycles. The van der Waals surface area contributed by atoms with Gasteiger partial charge in [-0.05, 0) is 12.1 Å². The molecule has 0 spiro atoms. The summed E-state index contributed by atoms with van der Waals surface area (Å²) in [6.45, 7) is 1.65. The Morgan fingerprint density at radius 1 is 1.40 bits per heavy atom. The van der Waals surface area contributed by atoms with Gasteiger partial charge in [0.1, 0.15) is 6.04 Å². The molecule has 1 aromatic carbocycles. The molecular weight excluding hydrogens is 340 g/mol. The van der Waals surface area contributed by atoms with E-state index in [1.807, 2.05) is 36.2 Å². The monoisotopic (exact) mass is 354 g/mol. The number of thioether (sulfide) groups is 1. The number of hydrogen-bond donors (Lipinski definition) is 2. The highest BCUT2D eigenvalue weighted by molar-refractivity contribution is 9.10. The van der Waals surface area contributed by atoms with Crippen LogP contribution >= 0.6 is 27.7 Å². The van der Waals surface area contributed by atoms with Crippen molar-refractivity contribution >= 4 is 44.6 Å². The molecule has 106 valence electrons. The highest BCUT2D eigenvalue weighted by Crippen LogP contribution is 2.31. The molecule has 2 N–H and O–H groups in total. The molecule has 1 fully saturated rings. The lowest BCUT2D eigenvalue weighted by molar-refractivity contribution is -0.143. The van der Waals surface area contributed by atoms with Crippen molar-refractivity contribution in [3.63, 3.8) is 0 Å². The summed E-state index contributed by atoms with van der Waals surface area (Å²) in [5.74, 6) is 1.22. The lowest BCUT2D eigenvalue weighted by atomic mass is 10.0. The number of aliphatic carboxylic acids is 1. The Morgan fingerprint density at radius 3 is 2.85 bits per heavy atom. The number of carboxylic acid groups (broad SMARTS) is 1. The molecule has 0 bridgehead atoms. The molecule has 4 nitrogen and oxygen atoms in total. The number of carbonyl (C=O) groups is 1. The Balaban J connectivity index is 2.02. The lowest BCUT2D eigenvalue weighted by Crippen LogP contribution is -2.39. The van der Waals surface area contributed by atoms with Gasteiger partial charge in [0.05, 0.1) is 0 Å². The van der Waals surface area contributed by atoms with Gasteiger partial charge in [0.15, 0.2) is 0 Å². The number of aromatic amines is 1. The van der Waals surface area contributed by atoms with Crippen molar-refractivity contribution in [2.75, 3.05) is 24.6 Å². The third-order valence-electron chi connectivity index (χ3n) is 3.62. The Hall–Kier alpha value is -0.980. The van der Waals surface area contributed by atoms with Gasteiger partial charge >= 0.3 is 5.97 Å². The van der Waals surface area contributed by atoms with Gasteiger partial charge in [-0.25, -0.2) is 0 Å². The van der Waals surface area contributed by atoms with Crippen LogP contribution in [0, 0.1) is 0 Å². The Labute approximate surface area is 129 Å². The summed E-state index contributed by atoms with van der Waals surface area (Å²) in [4.78, 5) is 17.0. The number of nitrogens with zero attached hydrogens (tertiary/aromatic N) is 1. The molecule has 3 rings (SSSR count). The minimum absolute atomic E-state index is 0.564. The van der Waals surface area contributed by atoms with Crippen molar-refractivity contribution in [2.45, 2.75) is 6.04 Å². The van der Waals surface area contributed by atoms with E-state index >= 15 is 0 Å². The molecular formula is C14H15BrN2O2S. The maximum atomic E-state index is 11.7. The maximum absolute atomic E-state index is 11.7. The normalized spacial score (nSPS) is 18.2. The van der Waals surface area contributed by atoms with Crippen LogP contribution in [0.15, 0.2) is 28.9 Å². The molecule has 0 amide bonds. The minimum Gasteiger partial charge on any atom is -0.480 e. The van der Waals surface area contributed by atoms with E-state index < -0.39 is 12.0 Å². The standard InChI is InChI=1S/C14H15BrN2O2S/c15-9-1-2-10-11(8-16-12(10)7-9)13(14(18)19)17-3-5-20-6-4-17/h1-2,7-8,13,16H,3-6H2,(H,18,19)/t13-/m0/s1. The summed E-state index contributed by atoms with van der Waals surface area (Å²) < 4.78 is 0.986. The Morgan fingerprint density at radius 2 is 2.15 bits per heavy atom. The predicted octanol–water partition coefficient (Wildman–Crippen LogP) is 3.10. The highest BCUT2D eigenvalue weighted by atomic mass is 79.9. The van der Waals surface area contributed by atoms with Crippen LogP contribution < -0.4 is 0 Å². The summed E-state index contributed by atoms with van der Waals surface area (Å²) in [5, 5.41) is 10.6. The summed E-state index contributed by atoms with van der Waals surface area (Å²) in [5.41, 5.74) is 1.82. The van der Waals surface area contributed by atoms with Crippen LogP contribution in [0.25, 0.3) is 10.9 Å². The molecule has 1 aliphatic rings. The van der Waals surface area contributed by atoms with Gasteiger partial charge in [-0.3, -0.25) is 9.69 Å². The zero-order valence-electron chi connectivity index (χ0n) is 10.8. The van der Waals surface area contributed by atoms with E-state index in [1.54, 1.807) is 0 Å². The third kappa shape index (κ3) is 2.60. The van der Waals surface area contributed by atoms with E-state index in [9.17, 15) is 9.90 Å². The maximum Gasteiger partial charge on any atom is 0.325 e. The van der Waals surface area contributed by atoms with Crippen LogP contribution in [0.5, 0.6) is 0 Å². The second-order valence-corrected chi connectivity index (χ2v) is 6.96.